The average molecular weight is 692 g/mol. The van der Waals surface area contributed by atoms with Crippen LogP contribution in [0.3, 0.4) is 0 Å². The summed E-state index contributed by atoms with van der Waals surface area (Å²) in [6.07, 6.45) is 3.46. The minimum atomic E-state index is -3.77. The number of sulfonamides is 1. The number of aliphatic carboxylic acids is 1. The number of aryl methyl sites for hydroxylation is 2. The third-order valence-electron chi connectivity index (χ3n) is 9.44. The molecule has 0 amide bonds. The number of benzene rings is 3. The minimum Gasteiger partial charge on any atom is -0.479 e. The zero-order valence-electron chi connectivity index (χ0n) is 29.5. The predicted octanol–water partition coefficient (Wildman–Crippen LogP) is 7.65. The number of carboxylic acid groups (broad SMARTS) is 1. The Balaban J connectivity index is 1.57. The Morgan fingerprint density at radius 1 is 1.00 bits per heavy atom. The highest BCUT2D eigenvalue weighted by molar-refractivity contribution is 7.92. The van der Waals surface area contributed by atoms with Gasteiger partial charge in [0.15, 0.2) is 6.10 Å². The lowest BCUT2D eigenvalue weighted by Crippen LogP contribution is -2.44. The van der Waals surface area contributed by atoms with Gasteiger partial charge in [-0.25, -0.2) is 13.2 Å². The molecule has 0 spiro atoms. The number of anilines is 1. The fourth-order valence-electron chi connectivity index (χ4n) is 7.40. The van der Waals surface area contributed by atoms with Crippen molar-refractivity contribution < 1.29 is 23.1 Å². The van der Waals surface area contributed by atoms with Crippen LogP contribution in [0.1, 0.15) is 50.5 Å². The highest BCUT2D eigenvalue weighted by Crippen LogP contribution is 2.50. The summed E-state index contributed by atoms with van der Waals surface area (Å²) in [5, 5.41) is 16.9. The molecule has 7 rings (SSSR count). The predicted molar refractivity (Wildman–Crippen MR) is 198 cm³/mol. The molecule has 10 nitrogen and oxygen atoms in total. The van der Waals surface area contributed by atoms with Crippen molar-refractivity contribution in [2.75, 3.05) is 10.6 Å². The molecule has 0 fully saturated rings. The Hall–Kier alpha value is -5.00. The van der Waals surface area contributed by atoms with Gasteiger partial charge in [-0.1, -0.05) is 35.9 Å². The van der Waals surface area contributed by atoms with Crippen molar-refractivity contribution in [3.05, 3.63) is 89.7 Å². The van der Waals surface area contributed by atoms with Crippen molar-refractivity contribution in [3.8, 4) is 33.6 Å². The van der Waals surface area contributed by atoms with E-state index in [0.29, 0.717) is 28.9 Å². The zero-order valence-corrected chi connectivity index (χ0v) is 30.3. The van der Waals surface area contributed by atoms with Gasteiger partial charge < -0.3 is 14.4 Å². The standard InChI is InChI=1S/C39H41N5O5S/c1-22-9-11-25(12-10-22)34-29-19-32(27-15-16-40-30(18-27)26-13-14-31-28(17-26)20-41-42(31)7)43-21-23(2)44(50(8,47)48)35(36(29)43)24(3)33(34)37(38(45)46)49-39(4,5)6/h9-20,23,37H,21H2,1-8H3,(H,45,46)/t23?,37-/m0/s1. The molecule has 6 aromatic rings. The molecule has 4 heterocycles. The minimum absolute atomic E-state index is 0.394. The third-order valence-corrected chi connectivity index (χ3v) is 10.7. The number of pyridine rings is 1. The van der Waals surface area contributed by atoms with Gasteiger partial charge in [-0.15, -0.1) is 0 Å². The lowest BCUT2D eigenvalue weighted by molar-refractivity contribution is -0.160. The lowest BCUT2D eigenvalue weighted by atomic mass is 9.87. The fourth-order valence-corrected chi connectivity index (χ4v) is 8.67. The topological polar surface area (TPSA) is 120 Å². The SMILES string of the molecule is Cc1ccc(-c2c([C@H](OC(C)(C)C)C(=O)O)c(C)c3c4c2cc(-c2ccnc(-c5ccc6c(cnn6C)c5)c2)n4CC(C)N3S(C)(=O)=O)cc1. The van der Waals surface area contributed by atoms with Crippen LogP contribution in [0.15, 0.2) is 73.1 Å². The number of hydrogen-bond donors (Lipinski definition) is 1. The molecule has 258 valence electrons. The summed E-state index contributed by atoms with van der Waals surface area (Å²) in [6, 6.07) is 19.7. The van der Waals surface area contributed by atoms with Crippen LogP contribution in [0, 0.1) is 13.8 Å². The summed E-state index contributed by atoms with van der Waals surface area (Å²) in [5.41, 5.74) is 8.50. The van der Waals surface area contributed by atoms with Crippen molar-refractivity contribution in [2.45, 2.75) is 65.8 Å². The molecule has 1 unspecified atom stereocenters. The first kappa shape index (κ1) is 33.5. The average Bonchev–Trinajstić information content (AvgIpc) is 3.61. The quantitative estimate of drug-likeness (QED) is 0.183. The van der Waals surface area contributed by atoms with E-state index in [2.05, 4.69) is 21.8 Å². The van der Waals surface area contributed by atoms with E-state index in [-0.39, 0.29) is 0 Å². The second-order valence-electron chi connectivity index (χ2n) is 14.4. The van der Waals surface area contributed by atoms with Gasteiger partial charge in [0.1, 0.15) is 0 Å². The molecular formula is C39H41N5O5S. The molecule has 3 aromatic carbocycles. The normalized spacial score (nSPS) is 15.6. The maximum Gasteiger partial charge on any atom is 0.337 e. The largest absolute Gasteiger partial charge is 0.479 e. The molecule has 0 radical (unpaired) electrons. The second-order valence-corrected chi connectivity index (χ2v) is 16.2. The van der Waals surface area contributed by atoms with Gasteiger partial charge in [0.05, 0.1) is 46.5 Å². The van der Waals surface area contributed by atoms with E-state index in [1.807, 2.05) is 108 Å². The summed E-state index contributed by atoms with van der Waals surface area (Å²) < 4.78 is 38.9. The molecular weight excluding hydrogens is 651 g/mol. The summed E-state index contributed by atoms with van der Waals surface area (Å²) >= 11 is 0. The maximum atomic E-state index is 13.6. The van der Waals surface area contributed by atoms with E-state index in [4.69, 9.17) is 9.72 Å². The van der Waals surface area contributed by atoms with Crippen LogP contribution < -0.4 is 4.31 Å². The van der Waals surface area contributed by atoms with Crippen LogP contribution in [0.2, 0.25) is 0 Å². The summed E-state index contributed by atoms with van der Waals surface area (Å²) in [5.74, 6) is -1.15. The van der Waals surface area contributed by atoms with E-state index < -0.39 is 33.7 Å². The Kier molecular flexibility index (Phi) is 7.91. The smallest absolute Gasteiger partial charge is 0.337 e. The number of rotatable bonds is 7. The van der Waals surface area contributed by atoms with Crippen LogP contribution >= 0.6 is 0 Å². The van der Waals surface area contributed by atoms with Gasteiger partial charge in [0.2, 0.25) is 10.0 Å². The van der Waals surface area contributed by atoms with Crippen LogP contribution in [0.25, 0.3) is 55.4 Å². The summed E-state index contributed by atoms with van der Waals surface area (Å²) in [4.78, 5) is 17.9. The Bertz CT molecular complexity index is 2440. The zero-order chi connectivity index (χ0) is 35.9. The van der Waals surface area contributed by atoms with Gasteiger partial charge in [0.25, 0.3) is 0 Å². The van der Waals surface area contributed by atoms with Crippen LogP contribution in [0.5, 0.6) is 0 Å². The number of carbonyl (C=O) groups is 1. The first-order chi connectivity index (χ1) is 23.5. The number of aromatic nitrogens is 4. The second kappa shape index (κ2) is 11.8. The number of carboxylic acids is 1. The van der Waals surface area contributed by atoms with Gasteiger partial charge in [-0.2, -0.15) is 5.10 Å². The van der Waals surface area contributed by atoms with E-state index in [0.717, 1.165) is 55.4 Å². The first-order valence-electron chi connectivity index (χ1n) is 16.6. The van der Waals surface area contributed by atoms with E-state index in [1.54, 1.807) is 6.20 Å². The van der Waals surface area contributed by atoms with Crippen molar-refractivity contribution in [2.24, 2.45) is 7.05 Å². The highest BCUT2D eigenvalue weighted by Gasteiger charge is 2.40. The number of nitrogens with zero attached hydrogens (tertiary/aromatic N) is 5. The van der Waals surface area contributed by atoms with Gasteiger partial charge >= 0.3 is 5.97 Å². The first-order valence-corrected chi connectivity index (χ1v) is 18.4. The maximum absolute atomic E-state index is 13.6. The number of hydrogen-bond acceptors (Lipinski definition) is 6. The lowest BCUT2D eigenvalue weighted by Gasteiger charge is -2.38. The number of ether oxygens (including phenoxy) is 1. The third kappa shape index (κ3) is 5.64. The van der Waals surface area contributed by atoms with E-state index in [1.165, 1.54) is 10.6 Å². The molecule has 2 atom stereocenters. The van der Waals surface area contributed by atoms with Gasteiger partial charge in [-0.3, -0.25) is 14.0 Å². The fraction of sp³-hybridized carbons (Fsp3) is 0.308. The summed E-state index contributed by atoms with van der Waals surface area (Å²) in [6.45, 7) is 11.6. The van der Waals surface area contributed by atoms with Crippen molar-refractivity contribution >= 4 is 43.5 Å². The molecule has 11 heteroatoms. The van der Waals surface area contributed by atoms with E-state index >= 15 is 0 Å². The molecule has 50 heavy (non-hydrogen) atoms. The van der Waals surface area contributed by atoms with Crippen molar-refractivity contribution in [1.82, 2.24) is 19.3 Å². The van der Waals surface area contributed by atoms with Crippen LogP contribution in [0.4, 0.5) is 5.69 Å². The van der Waals surface area contributed by atoms with Crippen molar-refractivity contribution in [1.29, 1.82) is 0 Å². The molecule has 1 N–H and O–H groups in total. The molecule has 1 aliphatic heterocycles. The summed E-state index contributed by atoms with van der Waals surface area (Å²) in [7, 11) is -1.85. The number of fused-ring (bicyclic) bond motifs is 1. The van der Waals surface area contributed by atoms with Crippen molar-refractivity contribution in [3.63, 3.8) is 0 Å². The Morgan fingerprint density at radius 3 is 2.36 bits per heavy atom. The highest BCUT2D eigenvalue weighted by atomic mass is 32.2. The molecule has 0 saturated heterocycles. The van der Waals surface area contributed by atoms with Gasteiger partial charge in [0, 0.05) is 52.9 Å². The van der Waals surface area contributed by atoms with Crippen LogP contribution in [-0.4, -0.2) is 56.7 Å². The molecule has 3 aromatic heterocycles. The van der Waals surface area contributed by atoms with E-state index in [9.17, 15) is 18.3 Å². The molecule has 0 aliphatic carbocycles. The Morgan fingerprint density at radius 2 is 1.70 bits per heavy atom. The molecule has 0 bridgehead atoms. The molecule has 1 aliphatic rings. The Labute approximate surface area is 292 Å². The van der Waals surface area contributed by atoms with Gasteiger partial charge in [-0.05, 0) is 88.6 Å². The molecule has 0 saturated carbocycles. The monoisotopic (exact) mass is 691 g/mol. The van der Waals surface area contributed by atoms with Crippen LogP contribution in [-0.2, 0) is 33.1 Å².